The summed E-state index contributed by atoms with van der Waals surface area (Å²) in [5.74, 6) is 1.29. The number of ether oxygens (including phenoxy) is 1. The van der Waals surface area contributed by atoms with Gasteiger partial charge in [0.15, 0.2) is 0 Å². The predicted molar refractivity (Wildman–Crippen MR) is 73.9 cm³/mol. The quantitative estimate of drug-likeness (QED) is 0.865. The lowest BCUT2D eigenvalue weighted by Gasteiger charge is -2.16. The van der Waals surface area contributed by atoms with E-state index < -0.39 is 0 Å². The number of hydrogen-bond donors (Lipinski definition) is 1. The van der Waals surface area contributed by atoms with Crippen LogP contribution >= 0.6 is 0 Å². The standard InChI is InChI=1S/C16H24O2/c1-5-10-18-13-8-6-12(7-9-13)16(4)14(11-17)15(16,2)3/h6-9,14,17H,5,10-11H2,1-4H3. The van der Waals surface area contributed by atoms with E-state index in [-0.39, 0.29) is 17.4 Å². The van der Waals surface area contributed by atoms with Gasteiger partial charge in [-0.05, 0) is 35.4 Å². The molecule has 0 spiro atoms. The molecule has 1 aliphatic rings. The van der Waals surface area contributed by atoms with E-state index in [0.717, 1.165) is 18.8 Å². The molecule has 1 N–H and O–H groups in total. The topological polar surface area (TPSA) is 29.5 Å². The molecule has 0 amide bonds. The lowest BCUT2D eigenvalue weighted by Crippen LogP contribution is -2.10. The number of aliphatic hydroxyl groups excluding tert-OH is 1. The highest BCUT2D eigenvalue weighted by Gasteiger charge is 2.67. The van der Waals surface area contributed by atoms with E-state index in [4.69, 9.17) is 4.74 Å². The van der Waals surface area contributed by atoms with Gasteiger partial charge in [0.1, 0.15) is 5.75 Å². The maximum absolute atomic E-state index is 9.48. The molecule has 0 radical (unpaired) electrons. The Morgan fingerprint density at radius 3 is 2.22 bits per heavy atom. The van der Waals surface area contributed by atoms with Crippen LogP contribution in [-0.4, -0.2) is 18.3 Å². The molecule has 0 heterocycles. The van der Waals surface area contributed by atoms with Crippen molar-refractivity contribution >= 4 is 0 Å². The Balaban J connectivity index is 2.16. The van der Waals surface area contributed by atoms with Gasteiger partial charge in [0.05, 0.1) is 6.61 Å². The maximum Gasteiger partial charge on any atom is 0.119 e. The number of rotatable bonds is 5. The van der Waals surface area contributed by atoms with E-state index in [9.17, 15) is 5.11 Å². The fourth-order valence-corrected chi connectivity index (χ4v) is 3.20. The maximum atomic E-state index is 9.48. The summed E-state index contributed by atoms with van der Waals surface area (Å²) in [6, 6.07) is 8.36. The fourth-order valence-electron chi connectivity index (χ4n) is 3.20. The van der Waals surface area contributed by atoms with E-state index in [1.54, 1.807) is 0 Å². The highest BCUT2D eigenvalue weighted by Crippen LogP contribution is 2.68. The lowest BCUT2D eigenvalue weighted by atomic mass is 9.89. The zero-order valence-electron chi connectivity index (χ0n) is 11.9. The zero-order valence-corrected chi connectivity index (χ0v) is 11.9. The second-order valence-electron chi connectivity index (χ2n) is 6.03. The van der Waals surface area contributed by atoms with Crippen LogP contribution in [0.25, 0.3) is 0 Å². The van der Waals surface area contributed by atoms with Gasteiger partial charge < -0.3 is 9.84 Å². The van der Waals surface area contributed by atoms with E-state index in [1.807, 2.05) is 12.1 Å². The van der Waals surface area contributed by atoms with E-state index in [1.165, 1.54) is 5.56 Å². The first-order valence-electron chi connectivity index (χ1n) is 6.82. The van der Waals surface area contributed by atoms with Crippen molar-refractivity contribution in [3.8, 4) is 5.75 Å². The van der Waals surface area contributed by atoms with Crippen molar-refractivity contribution in [2.24, 2.45) is 11.3 Å². The average Bonchev–Trinajstić information content (AvgIpc) is 2.81. The number of aliphatic hydroxyl groups is 1. The monoisotopic (exact) mass is 248 g/mol. The Morgan fingerprint density at radius 2 is 1.78 bits per heavy atom. The molecule has 1 aliphatic carbocycles. The number of hydrogen-bond acceptors (Lipinski definition) is 2. The van der Waals surface area contributed by atoms with Crippen molar-refractivity contribution in [2.45, 2.75) is 39.5 Å². The summed E-state index contributed by atoms with van der Waals surface area (Å²) in [4.78, 5) is 0. The molecule has 1 saturated carbocycles. The van der Waals surface area contributed by atoms with Crippen molar-refractivity contribution in [1.29, 1.82) is 0 Å². The SMILES string of the molecule is CCCOc1ccc(C2(C)C(CO)C2(C)C)cc1. The van der Waals surface area contributed by atoms with E-state index in [2.05, 4.69) is 39.8 Å². The van der Waals surface area contributed by atoms with Crippen LogP contribution < -0.4 is 4.74 Å². The van der Waals surface area contributed by atoms with Crippen molar-refractivity contribution in [2.75, 3.05) is 13.2 Å². The Labute approximate surface area is 110 Å². The van der Waals surface area contributed by atoms with E-state index in [0.29, 0.717) is 5.92 Å². The molecule has 1 fully saturated rings. The molecule has 0 saturated heterocycles. The molecule has 1 aromatic carbocycles. The Bertz CT molecular complexity index is 408. The second-order valence-corrected chi connectivity index (χ2v) is 6.03. The average molecular weight is 248 g/mol. The third kappa shape index (κ3) is 1.83. The highest BCUT2D eigenvalue weighted by molar-refractivity contribution is 5.41. The van der Waals surface area contributed by atoms with Crippen molar-refractivity contribution < 1.29 is 9.84 Å². The largest absolute Gasteiger partial charge is 0.494 e. The van der Waals surface area contributed by atoms with Crippen LogP contribution in [0.1, 0.15) is 39.7 Å². The summed E-state index contributed by atoms with van der Waals surface area (Å²) in [7, 11) is 0. The van der Waals surface area contributed by atoms with Crippen LogP contribution in [0.5, 0.6) is 5.75 Å². The van der Waals surface area contributed by atoms with Gasteiger partial charge >= 0.3 is 0 Å². The Hall–Kier alpha value is -1.02. The minimum atomic E-state index is 0.0883. The van der Waals surface area contributed by atoms with Gasteiger partial charge in [-0.25, -0.2) is 0 Å². The molecule has 2 nitrogen and oxygen atoms in total. The van der Waals surface area contributed by atoms with Crippen LogP contribution in [0.3, 0.4) is 0 Å². The minimum absolute atomic E-state index is 0.0883. The number of benzene rings is 1. The summed E-state index contributed by atoms with van der Waals surface area (Å²) in [5, 5.41) is 9.48. The predicted octanol–water partition coefficient (Wildman–Crippen LogP) is 3.38. The fraction of sp³-hybridized carbons (Fsp3) is 0.625. The Morgan fingerprint density at radius 1 is 1.17 bits per heavy atom. The highest BCUT2D eigenvalue weighted by atomic mass is 16.5. The van der Waals surface area contributed by atoms with Gasteiger partial charge in [-0.1, -0.05) is 39.8 Å². The molecule has 0 aliphatic heterocycles. The Kier molecular flexibility index (Phi) is 3.41. The van der Waals surface area contributed by atoms with Crippen molar-refractivity contribution in [3.05, 3.63) is 29.8 Å². The smallest absolute Gasteiger partial charge is 0.119 e. The van der Waals surface area contributed by atoms with Crippen LogP contribution in [-0.2, 0) is 5.41 Å². The van der Waals surface area contributed by atoms with Crippen LogP contribution in [0.15, 0.2) is 24.3 Å². The summed E-state index contributed by atoms with van der Waals surface area (Å²) >= 11 is 0. The summed E-state index contributed by atoms with van der Waals surface area (Å²) in [5.41, 5.74) is 1.56. The summed E-state index contributed by atoms with van der Waals surface area (Å²) in [6.45, 7) is 9.84. The van der Waals surface area contributed by atoms with Crippen LogP contribution in [0.4, 0.5) is 0 Å². The molecule has 1 aromatic rings. The zero-order chi connectivity index (χ0) is 13.4. The van der Waals surface area contributed by atoms with Gasteiger partial charge in [-0.2, -0.15) is 0 Å². The van der Waals surface area contributed by atoms with E-state index >= 15 is 0 Å². The summed E-state index contributed by atoms with van der Waals surface area (Å²) in [6.07, 6.45) is 1.03. The van der Waals surface area contributed by atoms with Gasteiger partial charge in [-0.3, -0.25) is 0 Å². The molecule has 0 aromatic heterocycles. The van der Waals surface area contributed by atoms with Crippen LogP contribution in [0.2, 0.25) is 0 Å². The van der Waals surface area contributed by atoms with Gasteiger partial charge in [0.2, 0.25) is 0 Å². The third-order valence-electron chi connectivity index (χ3n) is 4.93. The first-order chi connectivity index (χ1) is 8.48. The first-order valence-corrected chi connectivity index (χ1v) is 6.82. The minimum Gasteiger partial charge on any atom is -0.494 e. The first kappa shape index (κ1) is 13.4. The molecule has 2 atom stereocenters. The van der Waals surface area contributed by atoms with Crippen molar-refractivity contribution in [1.82, 2.24) is 0 Å². The van der Waals surface area contributed by atoms with Gasteiger partial charge in [0.25, 0.3) is 0 Å². The molecule has 2 heteroatoms. The van der Waals surface area contributed by atoms with Crippen LogP contribution in [0, 0.1) is 11.3 Å². The molecule has 0 bridgehead atoms. The molecule has 2 rings (SSSR count). The third-order valence-corrected chi connectivity index (χ3v) is 4.93. The molecule has 2 unspecified atom stereocenters. The molecule has 100 valence electrons. The second kappa shape index (κ2) is 4.58. The molecule has 18 heavy (non-hydrogen) atoms. The van der Waals surface area contributed by atoms with Gasteiger partial charge in [-0.15, -0.1) is 0 Å². The molecular formula is C16H24O2. The summed E-state index contributed by atoms with van der Waals surface area (Å²) < 4.78 is 5.60. The normalized spacial score (nSPS) is 29.1. The lowest BCUT2D eigenvalue weighted by molar-refractivity contribution is 0.254. The van der Waals surface area contributed by atoms with Gasteiger partial charge in [0, 0.05) is 12.0 Å². The molecular weight excluding hydrogens is 224 g/mol. The van der Waals surface area contributed by atoms with Crippen molar-refractivity contribution in [3.63, 3.8) is 0 Å².